The van der Waals surface area contributed by atoms with Crippen LogP contribution in [0.5, 0.6) is 11.5 Å². The van der Waals surface area contributed by atoms with Gasteiger partial charge in [0.05, 0.1) is 26.5 Å². The first-order valence-corrected chi connectivity index (χ1v) is 5.92. The first-order valence-electron chi connectivity index (χ1n) is 5.92. The molecule has 3 N–H and O–H groups in total. The number of nitrogens with one attached hydrogen (secondary N) is 1. The van der Waals surface area contributed by atoms with Gasteiger partial charge < -0.3 is 13.9 Å². The molecule has 0 bridgehead atoms. The van der Waals surface area contributed by atoms with Crippen LogP contribution in [0.2, 0.25) is 0 Å². The van der Waals surface area contributed by atoms with E-state index in [1.54, 1.807) is 20.5 Å². The normalized spacial score (nSPS) is 12.2. The molecule has 1 aromatic heterocycles. The lowest BCUT2D eigenvalue weighted by Crippen LogP contribution is -2.29. The van der Waals surface area contributed by atoms with Crippen LogP contribution in [0.1, 0.15) is 22.9 Å². The van der Waals surface area contributed by atoms with Crippen molar-refractivity contribution < 1.29 is 13.9 Å². The molecule has 0 fully saturated rings. The Morgan fingerprint density at radius 2 is 1.79 bits per heavy atom. The molecule has 0 aliphatic carbocycles. The second-order valence-electron chi connectivity index (χ2n) is 4.18. The van der Waals surface area contributed by atoms with Crippen LogP contribution in [0.15, 0.2) is 34.9 Å². The SMILES string of the molecule is COc1cc(OC)cc(C(NN)c2ccoc2C)c1. The maximum absolute atomic E-state index is 5.67. The van der Waals surface area contributed by atoms with E-state index >= 15 is 0 Å². The van der Waals surface area contributed by atoms with Crippen LogP contribution in [-0.4, -0.2) is 14.2 Å². The van der Waals surface area contributed by atoms with E-state index in [0.29, 0.717) is 0 Å². The quantitative estimate of drug-likeness (QED) is 0.638. The molecule has 0 aliphatic rings. The summed E-state index contributed by atoms with van der Waals surface area (Å²) in [5.74, 6) is 7.94. The van der Waals surface area contributed by atoms with E-state index in [9.17, 15) is 0 Å². The van der Waals surface area contributed by atoms with Gasteiger partial charge in [-0.1, -0.05) is 0 Å². The number of furan rings is 1. The highest BCUT2D eigenvalue weighted by atomic mass is 16.5. The van der Waals surface area contributed by atoms with Crippen molar-refractivity contribution in [2.45, 2.75) is 13.0 Å². The first kappa shape index (κ1) is 13.5. The summed E-state index contributed by atoms with van der Waals surface area (Å²) in [6.07, 6.45) is 1.65. The van der Waals surface area contributed by atoms with Gasteiger partial charge in [-0.2, -0.15) is 0 Å². The van der Waals surface area contributed by atoms with Gasteiger partial charge in [0.25, 0.3) is 0 Å². The highest BCUT2D eigenvalue weighted by molar-refractivity contribution is 5.43. The maximum Gasteiger partial charge on any atom is 0.122 e. The standard InChI is InChI=1S/C14H18N2O3/c1-9-13(4-5-19-9)14(16-15)10-6-11(17-2)8-12(7-10)18-3/h4-8,14,16H,15H2,1-3H3. The van der Waals surface area contributed by atoms with Crippen molar-refractivity contribution in [2.24, 2.45) is 5.84 Å². The number of rotatable bonds is 5. The van der Waals surface area contributed by atoms with Crippen molar-refractivity contribution in [3.05, 3.63) is 47.4 Å². The van der Waals surface area contributed by atoms with Gasteiger partial charge in [0, 0.05) is 11.6 Å². The first-order chi connectivity index (χ1) is 9.19. The zero-order chi connectivity index (χ0) is 13.8. The van der Waals surface area contributed by atoms with E-state index in [2.05, 4.69) is 5.43 Å². The van der Waals surface area contributed by atoms with Gasteiger partial charge in [-0.05, 0) is 30.7 Å². The second-order valence-corrected chi connectivity index (χ2v) is 4.18. The molecular weight excluding hydrogens is 244 g/mol. The molecule has 1 unspecified atom stereocenters. The van der Waals surface area contributed by atoms with E-state index in [1.165, 1.54) is 0 Å². The molecule has 0 amide bonds. The third-order valence-electron chi connectivity index (χ3n) is 3.08. The van der Waals surface area contributed by atoms with E-state index in [-0.39, 0.29) is 6.04 Å². The molecular formula is C14H18N2O3. The summed E-state index contributed by atoms with van der Waals surface area (Å²) in [5.41, 5.74) is 4.72. The summed E-state index contributed by atoms with van der Waals surface area (Å²) < 4.78 is 15.9. The number of methoxy groups -OCH3 is 2. The highest BCUT2D eigenvalue weighted by Crippen LogP contribution is 2.31. The van der Waals surface area contributed by atoms with Gasteiger partial charge in [-0.15, -0.1) is 0 Å². The van der Waals surface area contributed by atoms with Gasteiger partial charge >= 0.3 is 0 Å². The third kappa shape index (κ3) is 2.72. The van der Waals surface area contributed by atoms with Crippen LogP contribution in [0.4, 0.5) is 0 Å². The molecule has 2 aromatic rings. The molecule has 1 atom stereocenters. The molecule has 0 saturated heterocycles. The van der Waals surface area contributed by atoms with Crippen LogP contribution in [0.25, 0.3) is 0 Å². The summed E-state index contributed by atoms with van der Waals surface area (Å²) in [6.45, 7) is 1.90. The van der Waals surface area contributed by atoms with Crippen LogP contribution < -0.4 is 20.7 Å². The van der Waals surface area contributed by atoms with Gasteiger partial charge in [0.15, 0.2) is 0 Å². The molecule has 1 heterocycles. The Labute approximate surface area is 112 Å². The number of hydrazine groups is 1. The van der Waals surface area contributed by atoms with Gasteiger partial charge in [0.2, 0.25) is 0 Å². The highest BCUT2D eigenvalue weighted by Gasteiger charge is 2.18. The summed E-state index contributed by atoms with van der Waals surface area (Å²) >= 11 is 0. The average molecular weight is 262 g/mol. The summed E-state index contributed by atoms with van der Waals surface area (Å²) in [7, 11) is 3.24. The fourth-order valence-corrected chi connectivity index (χ4v) is 2.06. The Balaban J connectivity index is 2.46. The molecule has 2 rings (SSSR count). The molecule has 0 spiro atoms. The number of aryl methyl sites for hydroxylation is 1. The predicted octanol–water partition coefficient (Wildman–Crippen LogP) is 2.16. The summed E-state index contributed by atoms with van der Waals surface area (Å²) in [4.78, 5) is 0. The largest absolute Gasteiger partial charge is 0.497 e. The lowest BCUT2D eigenvalue weighted by molar-refractivity contribution is 0.392. The summed E-state index contributed by atoms with van der Waals surface area (Å²) in [6, 6.07) is 7.37. The topological polar surface area (TPSA) is 69.7 Å². The van der Waals surface area contributed by atoms with Crippen LogP contribution in [0.3, 0.4) is 0 Å². The fraction of sp³-hybridized carbons (Fsp3) is 0.286. The van der Waals surface area contributed by atoms with Crippen molar-refractivity contribution in [1.29, 1.82) is 0 Å². The van der Waals surface area contributed by atoms with E-state index < -0.39 is 0 Å². The maximum atomic E-state index is 5.67. The van der Waals surface area contributed by atoms with Crippen molar-refractivity contribution in [1.82, 2.24) is 5.43 Å². The van der Waals surface area contributed by atoms with Gasteiger partial charge in [-0.25, -0.2) is 5.43 Å². The van der Waals surface area contributed by atoms with Crippen molar-refractivity contribution in [2.75, 3.05) is 14.2 Å². The van der Waals surface area contributed by atoms with Gasteiger partial charge in [0.1, 0.15) is 17.3 Å². The minimum Gasteiger partial charge on any atom is -0.497 e. The zero-order valence-corrected chi connectivity index (χ0v) is 11.3. The Hall–Kier alpha value is -1.98. The summed E-state index contributed by atoms with van der Waals surface area (Å²) in [5, 5.41) is 0. The Morgan fingerprint density at radius 1 is 1.16 bits per heavy atom. The predicted molar refractivity (Wildman–Crippen MR) is 72.2 cm³/mol. The zero-order valence-electron chi connectivity index (χ0n) is 11.3. The van der Waals surface area contributed by atoms with E-state index in [0.717, 1.165) is 28.4 Å². The van der Waals surface area contributed by atoms with Crippen molar-refractivity contribution in [3.63, 3.8) is 0 Å². The molecule has 102 valence electrons. The number of ether oxygens (including phenoxy) is 2. The molecule has 5 nitrogen and oxygen atoms in total. The Kier molecular flexibility index (Phi) is 4.09. The lowest BCUT2D eigenvalue weighted by Gasteiger charge is -2.17. The number of benzene rings is 1. The lowest BCUT2D eigenvalue weighted by atomic mass is 9.99. The molecule has 0 aliphatic heterocycles. The number of hydrogen-bond donors (Lipinski definition) is 2. The van der Waals surface area contributed by atoms with E-state index in [4.69, 9.17) is 19.7 Å². The molecule has 5 heteroatoms. The van der Waals surface area contributed by atoms with Crippen LogP contribution in [-0.2, 0) is 0 Å². The Morgan fingerprint density at radius 3 is 2.21 bits per heavy atom. The Bertz CT molecular complexity index is 529. The number of hydrogen-bond acceptors (Lipinski definition) is 5. The van der Waals surface area contributed by atoms with Crippen molar-refractivity contribution >= 4 is 0 Å². The molecule has 0 saturated carbocycles. The smallest absolute Gasteiger partial charge is 0.122 e. The molecule has 19 heavy (non-hydrogen) atoms. The number of nitrogens with two attached hydrogens (primary N) is 1. The molecule has 0 radical (unpaired) electrons. The molecule has 1 aromatic carbocycles. The minimum absolute atomic E-state index is 0.178. The van der Waals surface area contributed by atoms with Gasteiger partial charge in [-0.3, -0.25) is 5.84 Å². The third-order valence-corrected chi connectivity index (χ3v) is 3.08. The second kappa shape index (κ2) is 5.77. The van der Waals surface area contributed by atoms with E-state index in [1.807, 2.05) is 31.2 Å². The van der Waals surface area contributed by atoms with Crippen molar-refractivity contribution in [3.8, 4) is 11.5 Å². The fourth-order valence-electron chi connectivity index (χ4n) is 2.06. The van der Waals surface area contributed by atoms with Crippen LogP contribution >= 0.6 is 0 Å². The van der Waals surface area contributed by atoms with Crippen LogP contribution in [0, 0.1) is 6.92 Å². The minimum atomic E-state index is -0.178. The monoisotopic (exact) mass is 262 g/mol. The average Bonchev–Trinajstić information content (AvgIpc) is 2.85.